The minimum absolute atomic E-state index is 0.360. The summed E-state index contributed by atoms with van der Waals surface area (Å²) >= 11 is 0. The fraction of sp³-hybridized carbons (Fsp3) is 0.500. The van der Waals surface area contributed by atoms with Gasteiger partial charge in [-0.2, -0.15) is 0 Å². The zero-order chi connectivity index (χ0) is 16.7. The number of aromatic nitrogens is 2. The molecule has 3 heterocycles. The lowest BCUT2D eigenvalue weighted by Gasteiger charge is -2.56. The molecule has 1 aliphatic carbocycles. The van der Waals surface area contributed by atoms with Crippen molar-refractivity contribution in [3.8, 4) is 0 Å². The zero-order valence-electron chi connectivity index (χ0n) is 14.5. The van der Waals surface area contributed by atoms with Crippen molar-refractivity contribution in [2.24, 2.45) is 5.41 Å². The van der Waals surface area contributed by atoms with Crippen LogP contribution in [0.15, 0.2) is 46.9 Å². The average Bonchev–Trinajstić information content (AvgIpc) is 3.37. The molecular weight excluding hydrogens is 312 g/mol. The Morgan fingerprint density at radius 3 is 2.56 bits per heavy atom. The standard InChI is InChI=1S/C20H24N4O/c1-2-8-16(9-3-1)18-20(10-4-5-11-20)15-24(18)14-17-21-22-19(25-17)23-12-6-7-13-23/h1-5,8-9,18H,6-7,10-15H2. The lowest BCUT2D eigenvalue weighted by Crippen LogP contribution is -2.56. The first-order valence-electron chi connectivity index (χ1n) is 9.35. The van der Waals surface area contributed by atoms with Crippen LogP contribution in [0, 0.1) is 5.41 Å². The number of rotatable bonds is 4. The van der Waals surface area contributed by atoms with Crippen LogP contribution in [-0.2, 0) is 6.54 Å². The van der Waals surface area contributed by atoms with Gasteiger partial charge in [0.1, 0.15) is 0 Å². The lowest BCUT2D eigenvalue weighted by molar-refractivity contribution is -0.0800. The molecule has 5 heteroatoms. The second kappa shape index (κ2) is 5.99. The Labute approximate surface area is 148 Å². The molecule has 0 saturated carbocycles. The molecule has 3 aliphatic rings. The second-order valence-corrected chi connectivity index (χ2v) is 7.63. The monoisotopic (exact) mass is 336 g/mol. The SMILES string of the molecule is C1=CCC2(C1)CN(Cc1nnc(N3CCCC3)o1)C2c1ccccc1. The number of nitrogens with zero attached hydrogens (tertiary/aromatic N) is 4. The normalized spacial score (nSPS) is 25.0. The zero-order valence-corrected chi connectivity index (χ0v) is 14.5. The van der Waals surface area contributed by atoms with Crippen molar-refractivity contribution >= 4 is 6.01 Å². The molecule has 0 N–H and O–H groups in total. The maximum absolute atomic E-state index is 5.96. The maximum atomic E-state index is 5.96. The molecule has 5 nitrogen and oxygen atoms in total. The predicted octanol–water partition coefficient (Wildman–Crippen LogP) is 3.56. The molecule has 25 heavy (non-hydrogen) atoms. The lowest BCUT2D eigenvalue weighted by atomic mass is 9.67. The molecular formula is C20H24N4O. The highest BCUT2D eigenvalue weighted by Crippen LogP contribution is 2.56. The topological polar surface area (TPSA) is 45.4 Å². The number of allylic oxidation sites excluding steroid dienone is 2. The van der Waals surface area contributed by atoms with Gasteiger partial charge in [-0.15, -0.1) is 5.10 Å². The van der Waals surface area contributed by atoms with Gasteiger partial charge >= 0.3 is 6.01 Å². The maximum Gasteiger partial charge on any atom is 0.318 e. The highest BCUT2D eigenvalue weighted by Gasteiger charge is 2.53. The van der Waals surface area contributed by atoms with Gasteiger partial charge in [0.25, 0.3) is 0 Å². The molecule has 1 aromatic carbocycles. The molecule has 130 valence electrons. The molecule has 2 aromatic rings. The van der Waals surface area contributed by atoms with E-state index in [9.17, 15) is 0 Å². The number of likely N-dealkylation sites (tertiary alicyclic amines) is 1. The van der Waals surface area contributed by atoms with Gasteiger partial charge in [-0.3, -0.25) is 4.90 Å². The van der Waals surface area contributed by atoms with Crippen molar-refractivity contribution in [3.63, 3.8) is 0 Å². The van der Waals surface area contributed by atoms with Crippen LogP contribution in [-0.4, -0.2) is 34.7 Å². The van der Waals surface area contributed by atoms with Crippen molar-refractivity contribution in [1.82, 2.24) is 15.1 Å². The Morgan fingerprint density at radius 1 is 1.04 bits per heavy atom. The third kappa shape index (κ3) is 2.58. The molecule has 2 fully saturated rings. The molecule has 2 saturated heterocycles. The molecule has 1 atom stereocenters. The van der Waals surface area contributed by atoms with Gasteiger partial charge < -0.3 is 9.32 Å². The third-order valence-corrected chi connectivity index (χ3v) is 5.97. The van der Waals surface area contributed by atoms with E-state index in [4.69, 9.17) is 4.42 Å². The quantitative estimate of drug-likeness (QED) is 0.799. The van der Waals surface area contributed by atoms with Crippen molar-refractivity contribution in [3.05, 3.63) is 53.9 Å². The first kappa shape index (κ1) is 15.1. The van der Waals surface area contributed by atoms with E-state index >= 15 is 0 Å². The van der Waals surface area contributed by atoms with Gasteiger partial charge in [0, 0.05) is 31.1 Å². The van der Waals surface area contributed by atoms with Crippen molar-refractivity contribution in [2.75, 3.05) is 24.5 Å². The Hall–Kier alpha value is -2.14. The summed E-state index contributed by atoms with van der Waals surface area (Å²) in [5.74, 6) is 0.739. The van der Waals surface area contributed by atoms with E-state index in [-0.39, 0.29) is 0 Å². The minimum atomic E-state index is 0.360. The minimum Gasteiger partial charge on any atom is -0.407 e. The van der Waals surface area contributed by atoms with Crippen LogP contribution in [0.2, 0.25) is 0 Å². The van der Waals surface area contributed by atoms with E-state index in [0.717, 1.165) is 32.1 Å². The highest BCUT2D eigenvalue weighted by atomic mass is 16.4. The fourth-order valence-corrected chi connectivity index (χ4v) is 4.79. The second-order valence-electron chi connectivity index (χ2n) is 7.63. The van der Waals surface area contributed by atoms with Gasteiger partial charge in [-0.25, -0.2) is 0 Å². The highest BCUT2D eigenvalue weighted by molar-refractivity contribution is 5.29. The smallest absolute Gasteiger partial charge is 0.318 e. The van der Waals surface area contributed by atoms with Gasteiger partial charge in [-0.05, 0) is 31.2 Å². The van der Waals surface area contributed by atoms with Gasteiger partial charge in [0.15, 0.2) is 0 Å². The van der Waals surface area contributed by atoms with E-state index in [0.29, 0.717) is 17.5 Å². The van der Waals surface area contributed by atoms with Gasteiger partial charge in [0.05, 0.1) is 6.54 Å². The van der Waals surface area contributed by atoms with E-state index in [1.807, 2.05) is 0 Å². The average molecular weight is 336 g/mol. The third-order valence-electron chi connectivity index (χ3n) is 5.97. The number of anilines is 1. The van der Waals surface area contributed by atoms with Gasteiger partial charge in [0.2, 0.25) is 5.89 Å². The van der Waals surface area contributed by atoms with Crippen molar-refractivity contribution in [2.45, 2.75) is 38.3 Å². The van der Waals surface area contributed by atoms with Crippen LogP contribution in [0.5, 0.6) is 0 Å². The molecule has 0 amide bonds. The Kier molecular flexibility index (Phi) is 3.63. The van der Waals surface area contributed by atoms with Crippen LogP contribution in [0.25, 0.3) is 0 Å². The largest absolute Gasteiger partial charge is 0.407 e. The number of benzene rings is 1. The summed E-state index contributed by atoms with van der Waals surface area (Å²) in [6.45, 7) is 3.91. The predicted molar refractivity (Wildman–Crippen MR) is 96.1 cm³/mol. The Balaban J connectivity index is 1.35. The van der Waals surface area contributed by atoms with E-state index < -0.39 is 0 Å². The summed E-state index contributed by atoms with van der Waals surface area (Å²) in [4.78, 5) is 4.69. The molecule has 1 aromatic heterocycles. The first-order valence-corrected chi connectivity index (χ1v) is 9.35. The molecule has 1 spiro atoms. The summed E-state index contributed by atoms with van der Waals surface area (Å²) in [6, 6.07) is 12.0. The molecule has 0 radical (unpaired) electrons. The van der Waals surface area contributed by atoms with Crippen molar-refractivity contribution in [1.29, 1.82) is 0 Å². The molecule has 5 rings (SSSR count). The summed E-state index contributed by atoms with van der Waals surface area (Å²) in [6.07, 6.45) is 9.46. The van der Waals surface area contributed by atoms with Crippen LogP contribution < -0.4 is 4.90 Å². The molecule has 2 aliphatic heterocycles. The van der Waals surface area contributed by atoms with Crippen LogP contribution >= 0.6 is 0 Å². The van der Waals surface area contributed by atoms with Crippen molar-refractivity contribution < 1.29 is 4.42 Å². The Morgan fingerprint density at radius 2 is 1.80 bits per heavy atom. The Bertz CT molecular complexity index is 755. The summed E-state index contributed by atoms with van der Waals surface area (Å²) in [5.41, 5.74) is 1.76. The van der Waals surface area contributed by atoms with E-state index in [1.54, 1.807) is 0 Å². The first-order chi connectivity index (χ1) is 12.3. The van der Waals surface area contributed by atoms with Crippen LogP contribution in [0.3, 0.4) is 0 Å². The fourth-order valence-electron chi connectivity index (χ4n) is 4.79. The van der Waals surface area contributed by atoms with E-state index in [2.05, 4.69) is 62.5 Å². The summed E-state index contributed by atoms with van der Waals surface area (Å²) < 4.78 is 5.96. The van der Waals surface area contributed by atoms with Crippen LogP contribution in [0.4, 0.5) is 6.01 Å². The molecule has 1 unspecified atom stereocenters. The number of hydrogen-bond donors (Lipinski definition) is 0. The number of hydrogen-bond acceptors (Lipinski definition) is 5. The van der Waals surface area contributed by atoms with Crippen LogP contribution in [0.1, 0.15) is 43.2 Å². The van der Waals surface area contributed by atoms with Gasteiger partial charge in [-0.1, -0.05) is 47.6 Å². The van der Waals surface area contributed by atoms with E-state index in [1.165, 1.54) is 31.2 Å². The summed E-state index contributed by atoms with van der Waals surface area (Å²) in [5, 5.41) is 8.58. The molecule has 0 bridgehead atoms. The summed E-state index contributed by atoms with van der Waals surface area (Å²) in [7, 11) is 0.